The lowest BCUT2D eigenvalue weighted by Crippen LogP contribution is -1.93. The molecule has 3 heterocycles. The summed E-state index contributed by atoms with van der Waals surface area (Å²) in [6, 6.07) is 4.14. The van der Waals surface area contributed by atoms with Crippen molar-refractivity contribution in [3.8, 4) is 11.1 Å². The van der Waals surface area contributed by atoms with Crippen LogP contribution in [0.1, 0.15) is 5.69 Å². The van der Waals surface area contributed by atoms with Crippen molar-refractivity contribution >= 4 is 21.4 Å². The van der Waals surface area contributed by atoms with Crippen molar-refractivity contribution < 1.29 is 0 Å². The molecule has 4 nitrogen and oxygen atoms in total. The van der Waals surface area contributed by atoms with Gasteiger partial charge in [0.25, 0.3) is 0 Å². The highest BCUT2D eigenvalue weighted by atomic mass is 79.9. The quantitative estimate of drug-likeness (QED) is 0.691. The molecule has 0 spiro atoms. The van der Waals surface area contributed by atoms with Crippen LogP contribution in [-0.4, -0.2) is 19.4 Å². The average molecular weight is 291 g/mol. The number of halogens is 1. The van der Waals surface area contributed by atoms with E-state index >= 15 is 0 Å². The Kier molecular flexibility index (Phi) is 2.29. The van der Waals surface area contributed by atoms with Crippen molar-refractivity contribution in [2.75, 3.05) is 0 Å². The summed E-state index contributed by atoms with van der Waals surface area (Å²) in [5.74, 6) is 0. The summed E-state index contributed by atoms with van der Waals surface area (Å²) >= 11 is 3.47. The van der Waals surface area contributed by atoms with Gasteiger partial charge in [-0.05, 0) is 28.9 Å². The van der Waals surface area contributed by atoms with Crippen molar-refractivity contribution in [1.29, 1.82) is 0 Å². The summed E-state index contributed by atoms with van der Waals surface area (Å²) in [5, 5.41) is 8.54. The van der Waals surface area contributed by atoms with Gasteiger partial charge in [0.1, 0.15) is 0 Å². The van der Waals surface area contributed by atoms with E-state index in [0.29, 0.717) is 0 Å². The zero-order valence-electron chi connectivity index (χ0n) is 9.55. The highest BCUT2D eigenvalue weighted by Gasteiger charge is 2.08. The van der Waals surface area contributed by atoms with Crippen LogP contribution >= 0.6 is 15.9 Å². The van der Waals surface area contributed by atoms with Gasteiger partial charge in [-0.15, -0.1) is 0 Å². The molecule has 0 atom stereocenters. The van der Waals surface area contributed by atoms with Gasteiger partial charge >= 0.3 is 0 Å². The lowest BCUT2D eigenvalue weighted by molar-refractivity contribution is 0.740. The minimum atomic E-state index is 1.01. The van der Waals surface area contributed by atoms with Gasteiger partial charge in [0.2, 0.25) is 0 Å². The van der Waals surface area contributed by atoms with E-state index < -0.39 is 0 Å². The molecule has 0 radical (unpaired) electrons. The zero-order chi connectivity index (χ0) is 12.0. The molecule has 0 aliphatic carbocycles. The lowest BCUT2D eigenvalue weighted by Gasteiger charge is -2.02. The first-order chi connectivity index (χ1) is 8.16. The fourth-order valence-corrected chi connectivity index (χ4v) is 2.30. The maximum absolute atomic E-state index is 4.28. The SMILES string of the molecule is Cc1c(-c2ccc3c(Br)cnn3c2)cnn1C. The van der Waals surface area contributed by atoms with Crippen molar-refractivity contribution in [1.82, 2.24) is 19.4 Å². The second-order valence-electron chi connectivity index (χ2n) is 4.01. The number of nitrogens with zero attached hydrogens (tertiary/aromatic N) is 4. The van der Waals surface area contributed by atoms with Crippen LogP contribution < -0.4 is 0 Å². The van der Waals surface area contributed by atoms with Crippen molar-refractivity contribution in [3.05, 3.63) is 40.9 Å². The molecular formula is C12H11BrN4. The molecule has 0 unspecified atom stereocenters. The Labute approximate surface area is 107 Å². The average Bonchev–Trinajstić information content (AvgIpc) is 2.85. The summed E-state index contributed by atoms with van der Waals surface area (Å²) in [5.41, 5.74) is 4.48. The predicted molar refractivity (Wildman–Crippen MR) is 69.8 cm³/mol. The van der Waals surface area contributed by atoms with E-state index in [9.17, 15) is 0 Å². The number of pyridine rings is 1. The molecule has 0 saturated carbocycles. The summed E-state index contributed by atoms with van der Waals surface area (Å²) in [7, 11) is 1.95. The van der Waals surface area contributed by atoms with Crippen LogP contribution in [0.15, 0.2) is 35.2 Å². The summed E-state index contributed by atoms with van der Waals surface area (Å²) in [6.07, 6.45) is 5.70. The molecule has 17 heavy (non-hydrogen) atoms. The molecule has 0 amide bonds. The number of hydrogen-bond donors (Lipinski definition) is 0. The molecule has 0 aliphatic heterocycles. The lowest BCUT2D eigenvalue weighted by atomic mass is 10.1. The Morgan fingerprint density at radius 1 is 1.18 bits per heavy atom. The fraction of sp³-hybridized carbons (Fsp3) is 0.167. The highest BCUT2D eigenvalue weighted by Crippen LogP contribution is 2.25. The second kappa shape index (κ2) is 3.70. The van der Waals surface area contributed by atoms with Gasteiger partial charge in [-0.1, -0.05) is 6.07 Å². The molecule has 0 bridgehead atoms. The summed E-state index contributed by atoms with van der Waals surface area (Å²) in [6.45, 7) is 2.06. The number of aromatic nitrogens is 4. The van der Waals surface area contributed by atoms with Gasteiger partial charge in [0.15, 0.2) is 0 Å². The molecule has 0 aromatic carbocycles. The van der Waals surface area contributed by atoms with Crippen LogP contribution in [0.25, 0.3) is 16.6 Å². The fourth-order valence-electron chi connectivity index (χ4n) is 1.89. The number of rotatable bonds is 1. The van der Waals surface area contributed by atoms with Gasteiger partial charge in [0.05, 0.1) is 22.4 Å². The van der Waals surface area contributed by atoms with E-state index in [1.807, 2.05) is 28.6 Å². The van der Waals surface area contributed by atoms with Crippen LogP contribution in [0, 0.1) is 6.92 Å². The normalized spacial score (nSPS) is 11.2. The first kappa shape index (κ1) is 10.5. The standard InChI is InChI=1S/C12H11BrN4/c1-8-10(5-14-16(8)2)9-3-4-12-11(13)6-15-17(12)7-9/h3-7H,1-2H3. The van der Waals surface area contributed by atoms with Gasteiger partial charge in [-0.2, -0.15) is 10.2 Å². The van der Waals surface area contributed by atoms with Crippen LogP contribution in [0.3, 0.4) is 0 Å². The van der Waals surface area contributed by atoms with E-state index in [0.717, 1.165) is 26.8 Å². The largest absolute Gasteiger partial charge is 0.272 e. The zero-order valence-corrected chi connectivity index (χ0v) is 11.1. The van der Waals surface area contributed by atoms with E-state index in [1.165, 1.54) is 0 Å². The Morgan fingerprint density at radius 2 is 2.00 bits per heavy atom. The monoisotopic (exact) mass is 290 g/mol. The molecule has 3 aromatic heterocycles. The Balaban J connectivity index is 2.21. The van der Waals surface area contributed by atoms with E-state index in [-0.39, 0.29) is 0 Å². The first-order valence-electron chi connectivity index (χ1n) is 5.28. The molecule has 86 valence electrons. The minimum Gasteiger partial charge on any atom is -0.272 e. The first-order valence-corrected chi connectivity index (χ1v) is 6.08. The molecular weight excluding hydrogens is 280 g/mol. The number of aryl methyl sites for hydroxylation is 1. The van der Waals surface area contributed by atoms with Gasteiger partial charge in [0, 0.05) is 30.1 Å². The van der Waals surface area contributed by atoms with Gasteiger partial charge in [-0.25, -0.2) is 4.52 Å². The summed E-state index contributed by atoms with van der Waals surface area (Å²) in [4.78, 5) is 0. The Hall–Kier alpha value is -1.62. The molecule has 5 heteroatoms. The van der Waals surface area contributed by atoms with Gasteiger partial charge in [-0.3, -0.25) is 4.68 Å². The molecule has 0 aliphatic rings. The van der Waals surface area contributed by atoms with E-state index in [1.54, 1.807) is 6.20 Å². The van der Waals surface area contributed by atoms with Crippen molar-refractivity contribution in [3.63, 3.8) is 0 Å². The Morgan fingerprint density at radius 3 is 2.71 bits per heavy atom. The number of fused-ring (bicyclic) bond motifs is 1. The maximum atomic E-state index is 4.28. The van der Waals surface area contributed by atoms with Crippen LogP contribution in [0.4, 0.5) is 0 Å². The van der Waals surface area contributed by atoms with Crippen molar-refractivity contribution in [2.45, 2.75) is 6.92 Å². The third-order valence-electron chi connectivity index (χ3n) is 3.02. The van der Waals surface area contributed by atoms with Crippen LogP contribution in [-0.2, 0) is 7.05 Å². The van der Waals surface area contributed by atoms with Crippen LogP contribution in [0.5, 0.6) is 0 Å². The van der Waals surface area contributed by atoms with E-state index in [4.69, 9.17) is 0 Å². The third kappa shape index (κ3) is 1.58. The minimum absolute atomic E-state index is 1.01. The van der Waals surface area contributed by atoms with Crippen LogP contribution in [0.2, 0.25) is 0 Å². The topological polar surface area (TPSA) is 35.1 Å². The molecule has 0 saturated heterocycles. The summed E-state index contributed by atoms with van der Waals surface area (Å²) < 4.78 is 4.75. The highest BCUT2D eigenvalue weighted by molar-refractivity contribution is 9.10. The number of hydrogen-bond acceptors (Lipinski definition) is 2. The second-order valence-corrected chi connectivity index (χ2v) is 4.86. The van der Waals surface area contributed by atoms with Gasteiger partial charge < -0.3 is 0 Å². The predicted octanol–water partition coefficient (Wildman–Crippen LogP) is 2.81. The molecule has 3 aromatic rings. The molecule has 0 fully saturated rings. The smallest absolute Gasteiger partial charge is 0.0804 e. The van der Waals surface area contributed by atoms with E-state index in [2.05, 4.69) is 45.2 Å². The molecule has 0 N–H and O–H groups in total. The maximum Gasteiger partial charge on any atom is 0.0804 e. The molecule has 3 rings (SSSR count). The van der Waals surface area contributed by atoms with Crippen molar-refractivity contribution in [2.24, 2.45) is 7.05 Å². The Bertz CT molecular complexity index is 696. The third-order valence-corrected chi connectivity index (χ3v) is 3.63.